The summed E-state index contributed by atoms with van der Waals surface area (Å²) in [6, 6.07) is 28.6. The standard InChI is InChI=1S/C28H32O/c1-26(2,3)21-12-16-23(17-13-21)28(25(29-28)20-10-8-7-9-11-20)24-18-14-22(15-19-24)27(4,5)6/h7-19,25H,1-6H3/t25-/m1/s1. The molecule has 0 aliphatic carbocycles. The molecule has 0 N–H and O–H groups in total. The van der Waals surface area contributed by atoms with E-state index in [4.69, 9.17) is 4.74 Å². The number of hydrogen-bond acceptors (Lipinski definition) is 1. The van der Waals surface area contributed by atoms with Crippen LogP contribution >= 0.6 is 0 Å². The van der Waals surface area contributed by atoms with Crippen molar-refractivity contribution in [2.45, 2.75) is 64.1 Å². The summed E-state index contributed by atoms with van der Waals surface area (Å²) in [5, 5.41) is 0. The van der Waals surface area contributed by atoms with Crippen molar-refractivity contribution in [2.24, 2.45) is 0 Å². The van der Waals surface area contributed by atoms with E-state index in [1.807, 2.05) is 0 Å². The molecule has 1 heterocycles. The SMILES string of the molecule is CC(C)(C)c1ccc(C2(c3ccc(C(C)(C)C)cc3)O[C@@H]2c2ccccc2)cc1. The van der Waals surface area contributed by atoms with Crippen molar-refractivity contribution in [3.63, 3.8) is 0 Å². The molecule has 1 atom stereocenters. The first-order valence-electron chi connectivity index (χ1n) is 10.6. The molecule has 3 aromatic carbocycles. The lowest BCUT2D eigenvalue weighted by Crippen LogP contribution is -2.16. The predicted molar refractivity (Wildman–Crippen MR) is 121 cm³/mol. The summed E-state index contributed by atoms with van der Waals surface area (Å²) in [6.07, 6.45) is 0.0460. The molecule has 0 amide bonds. The zero-order valence-electron chi connectivity index (χ0n) is 18.5. The van der Waals surface area contributed by atoms with Gasteiger partial charge in [-0.3, -0.25) is 0 Å². The molecule has 0 aromatic heterocycles. The van der Waals surface area contributed by atoms with Crippen molar-refractivity contribution >= 4 is 0 Å². The maximum Gasteiger partial charge on any atom is 0.149 e. The fourth-order valence-corrected chi connectivity index (χ4v) is 4.12. The summed E-state index contributed by atoms with van der Waals surface area (Å²) in [7, 11) is 0. The molecule has 1 saturated heterocycles. The molecule has 1 nitrogen and oxygen atoms in total. The Labute approximate surface area is 175 Å². The Morgan fingerprint density at radius 3 is 1.38 bits per heavy atom. The molecular formula is C28H32O. The predicted octanol–water partition coefficient (Wildman–Crippen LogP) is 7.30. The fraction of sp³-hybridized carbons (Fsp3) is 0.357. The van der Waals surface area contributed by atoms with Crippen LogP contribution in [0.15, 0.2) is 78.9 Å². The molecular weight excluding hydrogens is 352 g/mol. The van der Waals surface area contributed by atoms with Crippen LogP contribution in [0.1, 0.15) is 75.5 Å². The van der Waals surface area contributed by atoms with Crippen molar-refractivity contribution in [3.05, 3.63) is 107 Å². The highest BCUT2D eigenvalue weighted by molar-refractivity contribution is 5.48. The summed E-state index contributed by atoms with van der Waals surface area (Å²) >= 11 is 0. The fourth-order valence-electron chi connectivity index (χ4n) is 4.12. The minimum absolute atomic E-state index is 0.0460. The van der Waals surface area contributed by atoms with Gasteiger partial charge in [-0.25, -0.2) is 0 Å². The van der Waals surface area contributed by atoms with Crippen molar-refractivity contribution in [2.75, 3.05) is 0 Å². The van der Waals surface area contributed by atoms with E-state index in [1.54, 1.807) is 0 Å². The Balaban J connectivity index is 1.78. The third kappa shape index (κ3) is 3.65. The van der Waals surface area contributed by atoms with Gasteiger partial charge in [0.1, 0.15) is 11.7 Å². The average Bonchev–Trinajstić information content (AvgIpc) is 3.45. The quantitative estimate of drug-likeness (QED) is 0.432. The van der Waals surface area contributed by atoms with Gasteiger partial charge in [0.15, 0.2) is 0 Å². The molecule has 1 aliphatic rings. The average molecular weight is 385 g/mol. The Morgan fingerprint density at radius 1 is 0.586 bits per heavy atom. The van der Waals surface area contributed by atoms with Gasteiger partial charge < -0.3 is 4.74 Å². The van der Waals surface area contributed by atoms with Crippen LogP contribution < -0.4 is 0 Å². The molecule has 1 heteroatoms. The van der Waals surface area contributed by atoms with Crippen LogP contribution in [-0.2, 0) is 21.2 Å². The van der Waals surface area contributed by atoms with Gasteiger partial charge in [0.05, 0.1) is 0 Å². The normalized spacial score (nSPS) is 18.5. The van der Waals surface area contributed by atoms with Crippen molar-refractivity contribution in [3.8, 4) is 0 Å². The molecule has 0 spiro atoms. The number of ether oxygens (including phenoxy) is 1. The molecule has 0 bridgehead atoms. The first-order valence-corrected chi connectivity index (χ1v) is 10.6. The smallest absolute Gasteiger partial charge is 0.149 e. The summed E-state index contributed by atoms with van der Waals surface area (Å²) in [6.45, 7) is 13.5. The Morgan fingerprint density at radius 2 is 1.00 bits per heavy atom. The second kappa shape index (κ2) is 6.85. The third-order valence-corrected chi connectivity index (χ3v) is 6.08. The number of epoxide rings is 1. The van der Waals surface area contributed by atoms with Crippen LogP contribution in [0.25, 0.3) is 0 Å². The highest BCUT2D eigenvalue weighted by atomic mass is 16.6. The van der Waals surface area contributed by atoms with Gasteiger partial charge in [0, 0.05) is 0 Å². The summed E-state index contributed by atoms with van der Waals surface area (Å²) in [5.74, 6) is 0. The maximum absolute atomic E-state index is 6.51. The second-order valence-electron chi connectivity index (χ2n) is 10.3. The molecule has 29 heavy (non-hydrogen) atoms. The molecule has 3 aromatic rings. The van der Waals surface area contributed by atoms with E-state index >= 15 is 0 Å². The topological polar surface area (TPSA) is 12.5 Å². The van der Waals surface area contributed by atoms with E-state index in [9.17, 15) is 0 Å². The van der Waals surface area contributed by atoms with E-state index in [0.717, 1.165) is 0 Å². The van der Waals surface area contributed by atoms with Crippen LogP contribution in [0.4, 0.5) is 0 Å². The summed E-state index contributed by atoms with van der Waals surface area (Å²) < 4.78 is 6.51. The third-order valence-electron chi connectivity index (χ3n) is 6.08. The minimum Gasteiger partial charge on any atom is -0.351 e. The lowest BCUT2D eigenvalue weighted by Gasteiger charge is -2.22. The maximum atomic E-state index is 6.51. The Kier molecular flexibility index (Phi) is 4.70. The lowest BCUT2D eigenvalue weighted by atomic mass is 9.80. The van der Waals surface area contributed by atoms with Gasteiger partial charge in [-0.2, -0.15) is 0 Å². The highest BCUT2D eigenvalue weighted by Crippen LogP contribution is 2.61. The first kappa shape index (κ1) is 19.9. The van der Waals surface area contributed by atoms with Crippen LogP contribution in [0.2, 0.25) is 0 Å². The van der Waals surface area contributed by atoms with Crippen LogP contribution in [0.5, 0.6) is 0 Å². The molecule has 0 unspecified atom stereocenters. The Bertz CT molecular complexity index is 910. The largest absolute Gasteiger partial charge is 0.351 e. The Hall–Kier alpha value is -2.38. The van der Waals surface area contributed by atoms with E-state index in [1.165, 1.54) is 27.8 Å². The number of hydrogen-bond donors (Lipinski definition) is 0. The van der Waals surface area contributed by atoms with Crippen LogP contribution in [-0.4, -0.2) is 0 Å². The zero-order chi connectivity index (χ0) is 20.9. The van der Waals surface area contributed by atoms with E-state index in [0.29, 0.717) is 0 Å². The number of benzene rings is 3. The molecule has 1 fully saturated rings. The number of rotatable bonds is 3. The first-order chi connectivity index (χ1) is 13.6. The van der Waals surface area contributed by atoms with Crippen molar-refractivity contribution in [1.29, 1.82) is 0 Å². The molecule has 150 valence electrons. The van der Waals surface area contributed by atoms with Crippen molar-refractivity contribution in [1.82, 2.24) is 0 Å². The van der Waals surface area contributed by atoms with Crippen molar-refractivity contribution < 1.29 is 4.74 Å². The molecule has 1 aliphatic heterocycles. The van der Waals surface area contributed by atoms with Gasteiger partial charge in [-0.05, 0) is 38.6 Å². The highest BCUT2D eigenvalue weighted by Gasteiger charge is 2.59. The zero-order valence-corrected chi connectivity index (χ0v) is 18.5. The van der Waals surface area contributed by atoms with Gasteiger partial charge in [0.2, 0.25) is 0 Å². The van der Waals surface area contributed by atoms with Gasteiger partial charge in [-0.1, -0.05) is 120 Å². The van der Waals surface area contributed by atoms with Crippen LogP contribution in [0.3, 0.4) is 0 Å². The van der Waals surface area contributed by atoms with Gasteiger partial charge >= 0.3 is 0 Å². The van der Waals surface area contributed by atoms with Crippen LogP contribution in [0, 0.1) is 0 Å². The van der Waals surface area contributed by atoms with E-state index in [2.05, 4.69) is 120 Å². The molecule has 0 radical (unpaired) electrons. The summed E-state index contributed by atoms with van der Waals surface area (Å²) in [5.41, 5.74) is 6.24. The minimum atomic E-state index is -0.409. The van der Waals surface area contributed by atoms with E-state index in [-0.39, 0.29) is 16.9 Å². The molecule has 0 saturated carbocycles. The summed E-state index contributed by atoms with van der Waals surface area (Å²) in [4.78, 5) is 0. The van der Waals surface area contributed by atoms with E-state index < -0.39 is 5.60 Å². The monoisotopic (exact) mass is 384 g/mol. The second-order valence-corrected chi connectivity index (χ2v) is 10.3. The van der Waals surface area contributed by atoms with Gasteiger partial charge in [0.25, 0.3) is 0 Å². The lowest BCUT2D eigenvalue weighted by molar-refractivity contribution is 0.329. The van der Waals surface area contributed by atoms with Gasteiger partial charge in [-0.15, -0.1) is 0 Å². The molecule has 4 rings (SSSR count).